The zero-order valence-electron chi connectivity index (χ0n) is 19.6. The van der Waals surface area contributed by atoms with Crippen molar-refractivity contribution in [2.24, 2.45) is 0 Å². The van der Waals surface area contributed by atoms with Crippen molar-refractivity contribution in [3.8, 4) is 11.5 Å². The maximum Gasteiger partial charge on any atom is 0.237 e. The predicted molar refractivity (Wildman–Crippen MR) is 139 cm³/mol. The third-order valence-corrected chi connectivity index (χ3v) is 6.52. The molecule has 2 aromatic carbocycles. The van der Waals surface area contributed by atoms with E-state index in [1.807, 2.05) is 30.3 Å². The van der Waals surface area contributed by atoms with E-state index in [1.54, 1.807) is 35.4 Å². The fourth-order valence-corrected chi connectivity index (χ4v) is 4.64. The van der Waals surface area contributed by atoms with Gasteiger partial charge < -0.3 is 19.9 Å². The highest BCUT2D eigenvalue weighted by atomic mass is 35.5. The van der Waals surface area contributed by atoms with Crippen LogP contribution in [0.4, 0.5) is 5.82 Å². The first-order valence-electron chi connectivity index (χ1n) is 11.9. The summed E-state index contributed by atoms with van der Waals surface area (Å²) in [5, 5.41) is 4.09. The van der Waals surface area contributed by atoms with Crippen molar-refractivity contribution < 1.29 is 14.3 Å². The SMILES string of the molecule is O=C(c1ccc(Oc2ccccc2)cc1)c1c[nH]c2ncnc(NC3CCCCN(C(=O)CCl)C3)c12. The molecule has 2 N–H and O–H groups in total. The predicted octanol–water partition coefficient (Wildman–Crippen LogP) is 5.01. The lowest BCUT2D eigenvalue weighted by atomic mass is 10.0. The minimum atomic E-state index is -0.148. The van der Waals surface area contributed by atoms with Crippen molar-refractivity contribution in [3.63, 3.8) is 0 Å². The third-order valence-electron chi connectivity index (χ3n) is 6.29. The van der Waals surface area contributed by atoms with E-state index in [-0.39, 0.29) is 23.6 Å². The maximum absolute atomic E-state index is 13.5. The van der Waals surface area contributed by atoms with Crippen LogP contribution in [-0.2, 0) is 4.79 Å². The highest BCUT2D eigenvalue weighted by Gasteiger charge is 2.24. The number of hydrogen-bond acceptors (Lipinski definition) is 6. The van der Waals surface area contributed by atoms with E-state index in [2.05, 4.69) is 20.3 Å². The number of alkyl halides is 1. The van der Waals surface area contributed by atoms with Crippen LogP contribution in [0.2, 0.25) is 0 Å². The van der Waals surface area contributed by atoms with E-state index in [4.69, 9.17) is 16.3 Å². The Hall–Kier alpha value is -3.91. The number of likely N-dealkylation sites (tertiary alicyclic amines) is 1. The van der Waals surface area contributed by atoms with E-state index in [1.165, 1.54) is 6.33 Å². The number of carbonyl (C=O) groups excluding carboxylic acids is 2. The molecule has 1 aliphatic rings. The van der Waals surface area contributed by atoms with Gasteiger partial charge in [0.15, 0.2) is 5.78 Å². The quantitative estimate of drug-likeness (QED) is 0.271. The van der Waals surface area contributed by atoms with Crippen molar-refractivity contribution >= 4 is 40.1 Å². The van der Waals surface area contributed by atoms with Crippen LogP contribution in [0.15, 0.2) is 67.1 Å². The normalized spacial score (nSPS) is 15.9. The molecule has 9 heteroatoms. The summed E-state index contributed by atoms with van der Waals surface area (Å²) in [4.78, 5) is 39.3. The zero-order valence-corrected chi connectivity index (χ0v) is 20.4. The molecule has 2 aromatic heterocycles. The molecule has 1 saturated heterocycles. The minimum absolute atomic E-state index is 0.00922. The summed E-state index contributed by atoms with van der Waals surface area (Å²) in [5.74, 6) is 1.69. The molecule has 184 valence electrons. The second kappa shape index (κ2) is 10.8. The number of ketones is 1. The summed E-state index contributed by atoms with van der Waals surface area (Å²) >= 11 is 5.79. The van der Waals surface area contributed by atoms with E-state index < -0.39 is 0 Å². The number of halogens is 1. The molecule has 1 fully saturated rings. The van der Waals surface area contributed by atoms with Crippen LogP contribution in [0, 0.1) is 0 Å². The molecule has 3 heterocycles. The van der Waals surface area contributed by atoms with Crippen LogP contribution in [0.25, 0.3) is 11.0 Å². The average molecular weight is 504 g/mol. The first kappa shape index (κ1) is 23.8. The highest BCUT2D eigenvalue weighted by molar-refractivity contribution is 6.27. The number of benzene rings is 2. The van der Waals surface area contributed by atoms with Crippen LogP contribution in [0.1, 0.15) is 35.2 Å². The summed E-state index contributed by atoms with van der Waals surface area (Å²) in [6, 6.07) is 16.5. The van der Waals surface area contributed by atoms with Crippen molar-refractivity contribution in [1.29, 1.82) is 0 Å². The number of amides is 1. The van der Waals surface area contributed by atoms with Gasteiger partial charge in [-0.1, -0.05) is 18.2 Å². The van der Waals surface area contributed by atoms with Crippen molar-refractivity contribution in [1.82, 2.24) is 19.9 Å². The summed E-state index contributed by atoms with van der Waals surface area (Å²) in [5.41, 5.74) is 1.58. The van der Waals surface area contributed by atoms with Crippen molar-refractivity contribution in [2.75, 3.05) is 24.3 Å². The fourth-order valence-electron chi connectivity index (χ4n) is 4.47. The Kier molecular flexibility index (Phi) is 7.13. The van der Waals surface area contributed by atoms with Gasteiger partial charge in [0, 0.05) is 30.9 Å². The largest absolute Gasteiger partial charge is 0.457 e. The van der Waals surface area contributed by atoms with Crippen LogP contribution in [-0.4, -0.2) is 56.6 Å². The second-order valence-electron chi connectivity index (χ2n) is 8.73. The molecule has 0 spiro atoms. The fraction of sp³-hybridized carbons (Fsp3) is 0.259. The van der Waals surface area contributed by atoms with Gasteiger partial charge in [-0.15, -0.1) is 11.6 Å². The van der Waals surface area contributed by atoms with E-state index >= 15 is 0 Å². The molecule has 0 saturated carbocycles. The molecule has 0 radical (unpaired) electrons. The average Bonchev–Trinajstić information content (AvgIpc) is 3.22. The van der Waals surface area contributed by atoms with Gasteiger partial charge in [0.1, 0.15) is 35.2 Å². The van der Waals surface area contributed by atoms with Crippen LogP contribution < -0.4 is 10.1 Å². The standard InChI is InChI=1S/C27H26ClN5O3/c28-14-23(34)33-13-5-4-6-19(16-33)32-27-24-22(15-29-26(24)30-17-31-27)25(35)18-9-11-21(12-10-18)36-20-7-2-1-3-8-20/h1-3,7-12,15,17,19H,4-6,13-14,16H2,(H2,29,30,31,32). The summed E-state index contributed by atoms with van der Waals surface area (Å²) in [7, 11) is 0. The summed E-state index contributed by atoms with van der Waals surface area (Å²) in [6.07, 6.45) is 5.92. The van der Waals surface area contributed by atoms with Gasteiger partial charge in [-0.3, -0.25) is 9.59 Å². The molecule has 4 aromatic rings. The van der Waals surface area contributed by atoms with Crippen molar-refractivity contribution in [3.05, 3.63) is 78.2 Å². The Morgan fingerprint density at radius 3 is 2.61 bits per heavy atom. The molecule has 1 atom stereocenters. The van der Waals surface area contributed by atoms with Gasteiger partial charge in [-0.2, -0.15) is 0 Å². The van der Waals surface area contributed by atoms with Gasteiger partial charge in [-0.25, -0.2) is 9.97 Å². The molecular weight excluding hydrogens is 478 g/mol. The van der Waals surface area contributed by atoms with Gasteiger partial charge in [0.05, 0.1) is 10.9 Å². The number of nitrogens with one attached hydrogen (secondary N) is 2. The second-order valence-corrected chi connectivity index (χ2v) is 8.99. The molecule has 8 nitrogen and oxygen atoms in total. The van der Waals surface area contributed by atoms with E-state index in [0.717, 1.165) is 25.0 Å². The van der Waals surface area contributed by atoms with Crippen LogP contribution >= 0.6 is 11.6 Å². The first-order chi connectivity index (χ1) is 17.6. The first-order valence-corrected chi connectivity index (χ1v) is 12.5. The monoisotopic (exact) mass is 503 g/mol. The number of carbonyl (C=O) groups is 2. The van der Waals surface area contributed by atoms with Gasteiger partial charge in [0.2, 0.25) is 5.91 Å². The van der Waals surface area contributed by atoms with Crippen molar-refractivity contribution in [2.45, 2.75) is 25.3 Å². The van der Waals surface area contributed by atoms with Gasteiger partial charge in [0.25, 0.3) is 0 Å². The highest BCUT2D eigenvalue weighted by Crippen LogP contribution is 2.28. The lowest BCUT2D eigenvalue weighted by Crippen LogP contribution is -2.40. The third kappa shape index (κ3) is 5.18. The summed E-state index contributed by atoms with van der Waals surface area (Å²) in [6.45, 7) is 1.23. The Morgan fingerprint density at radius 1 is 1.06 bits per heavy atom. The number of aromatic amines is 1. The smallest absolute Gasteiger partial charge is 0.237 e. The maximum atomic E-state index is 13.5. The molecule has 5 rings (SSSR count). The molecule has 1 unspecified atom stereocenters. The lowest BCUT2D eigenvalue weighted by molar-refractivity contribution is -0.128. The lowest BCUT2D eigenvalue weighted by Gasteiger charge is -2.25. The number of anilines is 1. The van der Waals surface area contributed by atoms with Crippen LogP contribution in [0.5, 0.6) is 11.5 Å². The number of aromatic nitrogens is 3. The Morgan fingerprint density at radius 2 is 1.83 bits per heavy atom. The number of para-hydroxylation sites is 1. The van der Waals surface area contributed by atoms with Crippen LogP contribution in [0.3, 0.4) is 0 Å². The number of H-pyrrole nitrogens is 1. The number of rotatable bonds is 7. The molecule has 36 heavy (non-hydrogen) atoms. The molecular formula is C27H26ClN5O3. The number of ether oxygens (including phenoxy) is 1. The Balaban J connectivity index is 1.38. The Labute approximate surface area is 213 Å². The zero-order chi connectivity index (χ0) is 24.9. The molecule has 0 bridgehead atoms. The minimum Gasteiger partial charge on any atom is -0.457 e. The number of hydrogen-bond donors (Lipinski definition) is 2. The van der Waals surface area contributed by atoms with Gasteiger partial charge in [-0.05, 0) is 55.7 Å². The summed E-state index contributed by atoms with van der Waals surface area (Å²) < 4.78 is 5.84. The molecule has 1 aliphatic heterocycles. The number of nitrogens with zero attached hydrogens (tertiary/aromatic N) is 3. The number of fused-ring (bicyclic) bond motifs is 1. The topological polar surface area (TPSA) is 100 Å². The molecule has 1 amide bonds. The molecule has 0 aliphatic carbocycles. The Bertz CT molecular complexity index is 1360. The van der Waals surface area contributed by atoms with Gasteiger partial charge >= 0.3 is 0 Å². The van der Waals surface area contributed by atoms with E-state index in [0.29, 0.717) is 46.8 Å². The van der Waals surface area contributed by atoms with E-state index in [9.17, 15) is 9.59 Å².